The standard InChI is InChI=1S/6C18H36O2.C.Ca/c6*1-2-3-4-5-6-7-8-9-10-11-12-13-14-15-16-17-18(19)20;;/h6*2-17H2,1H3,(H,19,20);;/q;;;;;;+4;+2/p-6. The number of aliphatic carboxylic acids is 6. The van der Waals surface area contributed by atoms with E-state index in [1.54, 1.807) is 0 Å². The zero-order valence-electron chi connectivity index (χ0n) is 83.0. The molecule has 0 bridgehead atoms. The zero-order chi connectivity index (χ0) is 89.3. The van der Waals surface area contributed by atoms with Crippen LogP contribution in [0.3, 0.4) is 0 Å². The molecule has 0 amide bonds. The Bertz CT molecular complexity index is 1560. The third-order valence-corrected chi connectivity index (χ3v) is 23.9. The van der Waals surface area contributed by atoms with E-state index in [9.17, 15) is 59.4 Å². The van der Waals surface area contributed by atoms with E-state index in [4.69, 9.17) is 0 Å². The first-order chi connectivity index (χ1) is 58.6. The van der Waals surface area contributed by atoms with Gasteiger partial charge in [0.2, 0.25) is 0 Å². The van der Waals surface area contributed by atoms with Gasteiger partial charge < -0.3 is 59.4 Å². The van der Waals surface area contributed by atoms with Crippen LogP contribution in [-0.4, -0.2) is 73.6 Å². The van der Waals surface area contributed by atoms with Gasteiger partial charge in [0.25, 0.3) is 0 Å². The molecule has 0 aromatic rings. The van der Waals surface area contributed by atoms with Gasteiger partial charge in [0.15, 0.2) is 0 Å². The molecule has 0 aromatic carbocycles. The average molecular weight is 1750 g/mol. The molecule has 0 saturated carbocycles. The molecule has 13 heteroatoms. The van der Waals surface area contributed by atoms with Crippen molar-refractivity contribution in [1.82, 2.24) is 0 Å². The van der Waals surface area contributed by atoms with Crippen molar-refractivity contribution in [3.63, 3.8) is 0 Å². The predicted molar refractivity (Wildman–Crippen MR) is 516 cm³/mol. The molecule has 0 rings (SSSR count). The van der Waals surface area contributed by atoms with Crippen LogP contribution in [-0.2, 0) is 28.8 Å². The van der Waals surface area contributed by atoms with Crippen molar-refractivity contribution in [2.24, 2.45) is 0 Å². The smallest absolute Gasteiger partial charge is 0.550 e. The molecule has 0 N–H and O–H groups in total. The van der Waals surface area contributed by atoms with Crippen LogP contribution in [0, 0.1) is 7.43 Å². The Balaban J connectivity index is -0.000000212. The van der Waals surface area contributed by atoms with E-state index in [-0.39, 0.29) is 83.7 Å². The second-order valence-corrected chi connectivity index (χ2v) is 36.4. The number of carbonyl (C=O) groups excluding carboxylic acids is 6. The van der Waals surface area contributed by atoms with Crippen LogP contribution in [0.25, 0.3) is 0 Å². The summed E-state index contributed by atoms with van der Waals surface area (Å²) in [6, 6.07) is 0. The summed E-state index contributed by atoms with van der Waals surface area (Å²) in [5, 5.41) is 61.3. The average Bonchev–Trinajstić information content (AvgIpc) is 1.20. The van der Waals surface area contributed by atoms with Crippen molar-refractivity contribution < 1.29 is 59.4 Å². The Hall–Kier alpha value is -1.92. The topological polar surface area (TPSA) is 241 Å². The van der Waals surface area contributed by atoms with Gasteiger partial charge in [-0.1, -0.05) is 581 Å². The maximum absolute atomic E-state index is 10.2. The fourth-order valence-corrected chi connectivity index (χ4v) is 15.8. The summed E-state index contributed by atoms with van der Waals surface area (Å²) in [6.07, 6.45) is 119. The van der Waals surface area contributed by atoms with Gasteiger partial charge in [-0.2, -0.15) is 0 Å². The molecular weight excluding hydrogens is 1540 g/mol. The summed E-state index contributed by atoms with van der Waals surface area (Å²) in [4.78, 5) is 61.3. The van der Waals surface area contributed by atoms with E-state index in [1.165, 1.54) is 501 Å². The van der Waals surface area contributed by atoms with E-state index in [0.29, 0.717) is 0 Å². The first-order valence-electron chi connectivity index (χ1n) is 53.8. The second-order valence-electron chi connectivity index (χ2n) is 36.4. The van der Waals surface area contributed by atoms with E-state index >= 15 is 0 Å². The van der Waals surface area contributed by atoms with Crippen molar-refractivity contribution in [1.29, 1.82) is 0 Å². The molecule has 0 aromatic heterocycles. The molecule has 122 heavy (non-hydrogen) atoms. The van der Waals surface area contributed by atoms with Gasteiger partial charge in [-0.15, -0.1) is 0 Å². The summed E-state index contributed by atoms with van der Waals surface area (Å²) in [6.45, 7) is 13.6. The van der Waals surface area contributed by atoms with Gasteiger partial charge in [-0.3, -0.25) is 0 Å². The van der Waals surface area contributed by atoms with Crippen LogP contribution >= 0.6 is 0 Å². The van der Waals surface area contributed by atoms with Crippen LogP contribution in [0.4, 0.5) is 0 Å². The minimum Gasteiger partial charge on any atom is -0.550 e. The monoisotopic (exact) mass is 1750 g/mol. The molecule has 0 aliphatic heterocycles. The van der Waals surface area contributed by atoms with E-state index in [0.717, 1.165) is 77.0 Å². The van der Waals surface area contributed by atoms with Crippen molar-refractivity contribution in [2.45, 2.75) is 658 Å². The molecule has 12 nitrogen and oxygen atoms in total. The molecule has 0 aliphatic carbocycles. The van der Waals surface area contributed by atoms with Crippen molar-refractivity contribution in [3.8, 4) is 0 Å². The fraction of sp³-hybridized carbons (Fsp3) is 0.936. The number of hydrogen-bond acceptors (Lipinski definition) is 12. The first kappa shape index (κ1) is 136. The summed E-state index contributed by atoms with van der Waals surface area (Å²) >= 11 is 0. The Morgan fingerprint density at radius 1 is 0.115 bits per heavy atom. The molecule has 0 saturated heterocycles. The van der Waals surface area contributed by atoms with Gasteiger partial charge in [0, 0.05) is 35.8 Å². The Morgan fingerprint density at radius 3 is 0.213 bits per heavy atom. The minimum atomic E-state index is -0.903. The summed E-state index contributed by atoms with van der Waals surface area (Å²) in [7, 11) is 0. The van der Waals surface area contributed by atoms with Gasteiger partial charge >= 0.3 is 45.2 Å². The maximum Gasteiger partial charge on any atom is 4.00 e. The van der Waals surface area contributed by atoms with Gasteiger partial charge in [-0.05, 0) is 77.0 Å². The molecule has 0 heterocycles. The molecule has 0 fully saturated rings. The van der Waals surface area contributed by atoms with E-state index in [2.05, 4.69) is 41.5 Å². The molecule has 0 radical (unpaired) electrons. The van der Waals surface area contributed by atoms with Crippen LogP contribution in [0.1, 0.15) is 658 Å². The predicted octanol–water partition coefficient (Wildman–Crippen LogP) is 29.7. The third kappa shape index (κ3) is 162. The molecule has 0 spiro atoms. The number of carboxylic acid groups (broad SMARTS) is 6. The molecule has 0 unspecified atom stereocenters. The number of rotatable bonds is 96. The van der Waals surface area contributed by atoms with Crippen molar-refractivity contribution >= 4 is 73.6 Å². The first-order valence-corrected chi connectivity index (χ1v) is 53.8. The van der Waals surface area contributed by atoms with Gasteiger partial charge in [-0.25, -0.2) is 0 Å². The second kappa shape index (κ2) is 132. The van der Waals surface area contributed by atoms with Crippen LogP contribution in [0.5, 0.6) is 0 Å². The molecular formula is C109H210CaO12. The minimum absolute atomic E-state index is 0. The maximum atomic E-state index is 10.2. The quantitative estimate of drug-likeness (QED) is 0.0408. The number of unbranched alkanes of at least 4 members (excludes halogenated alkanes) is 84. The SMILES string of the molecule is CCCCCCCCCCCCCCCCCC(=O)[O-].CCCCCCCCCCCCCCCCCC(=O)[O-].CCCCCCCCCCCCCCCCCC(=O)[O-].CCCCCCCCCCCCCCCCCC(=O)[O-].CCCCCCCCCCCCCCCCCC(=O)[O-].CCCCCCCCCCCCCCCCCC(=O)[O-].[C+4].[Ca+2]. The normalized spacial score (nSPS) is 10.7. The van der Waals surface area contributed by atoms with Crippen LogP contribution in [0.15, 0.2) is 0 Å². The van der Waals surface area contributed by atoms with Crippen LogP contribution in [0.2, 0.25) is 0 Å². The van der Waals surface area contributed by atoms with Crippen molar-refractivity contribution in [2.75, 3.05) is 0 Å². The summed E-state index contributed by atoms with van der Waals surface area (Å²) in [5.74, 6) is -5.42. The zero-order valence-corrected chi connectivity index (χ0v) is 85.2. The van der Waals surface area contributed by atoms with Gasteiger partial charge in [0.05, 0.1) is 0 Å². The Morgan fingerprint density at radius 2 is 0.164 bits per heavy atom. The summed E-state index contributed by atoms with van der Waals surface area (Å²) < 4.78 is 0. The Kier molecular flexibility index (Phi) is 147. The summed E-state index contributed by atoms with van der Waals surface area (Å²) in [5.41, 5.74) is 0. The third-order valence-electron chi connectivity index (χ3n) is 23.9. The fourth-order valence-electron chi connectivity index (χ4n) is 15.8. The molecule has 0 aliphatic rings. The van der Waals surface area contributed by atoms with E-state index in [1.807, 2.05) is 0 Å². The number of carbonyl (C=O) groups is 6. The molecule has 720 valence electrons. The number of hydrogen-bond donors (Lipinski definition) is 0. The van der Waals surface area contributed by atoms with Crippen LogP contribution < -0.4 is 30.6 Å². The number of carboxylic acids is 6. The van der Waals surface area contributed by atoms with E-state index < -0.39 is 35.8 Å². The van der Waals surface area contributed by atoms with Crippen molar-refractivity contribution in [3.05, 3.63) is 7.43 Å². The largest absolute Gasteiger partial charge is 4.00 e. The Labute approximate surface area is 792 Å². The van der Waals surface area contributed by atoms with Gasteiger partial charge in [0.1, 0.15) is 0 Å². The molecule has 0 atom stereocenters.